The third-order valence-electron chi connectivity index (χ3n) is 4.36. The molecule has 3 rings (SSSR count). The normalized spacial score (nSPS) is 31.9. The van der Waals surface area contributed by atoms with Crippen LogP contribution in [0.15, 0.2) is 24.3 Å². The van der Waals surface area contributed by atoms with Gasteiger partial charge < -0.3 is 5.73 Å². The van der Waals surface area contributed by atoms with E-state index < -0.39 is 0 Å². The van der Waals surface area contributed by atoms with E-state index in [0.717, 1.165) is 17.4 Å². The van der Waals surface area contributed by atoms with Crippen LogP contribution >= 0.6 is 0 Å². The first-order valence-corrected chi connectivity index (χ1v) is 6.14. The number of rotatable bonds is 2. The highest BCUT2D eigenvalue weighted by Crippen LogP contribution is 2.53. The van der Waals surface area contributed by atoms with E-state index in [1.165, 1.54) is 31.2 Å². The van der Waals surface area contributed by atoms with Gasteiger partial charge in [-0.15, -0.1) is 0 Å². The van der Waals surface area contributed by atoms with Gasteiger partial charge in [-0.25, -0.2) is 0 Å². The number of fused-ring (bicyclic) bond motifs is 2. The van der Waals surface area contributed by atoms with Gasteiger partial charge in [-0.05, 0) is 48.6 Å². The monoisotopic (exact) mass is 215 g/mol. The van der Waals surface area contributed by atoms with Gasteiger partial charge in [0.25, 0.3) is 0 Å². The average Bonchev–Trinajstić information content (AvgIpc) is 2.90. The maximum Gasteiger partial charge on any atom is 0.248 e. The van der Waals surface area contributed by atoms with Gasteiger partial charge in [0.05, 0.1) is 0 Å². The molecule has 0 radical (unpaired) electrons. The molecule has 1 amide bonds. The number of carbonyl (C=O) groups excluding carboxylic acids is 1. The van der Waals surface area contributed by atoms with Crippen LogP contribution in [0.25, 0.3) is 0 Å². The summed E-state index contributed by atoms with van der Waals surface area (Å²) < 4.78 is 0. The molecule has 3 atom stereocenters. The quantitative estimate of drug-likeness (QED) is 0.809. The lowest BCUT2D eigenvalue weighted by Crippen LogP contribution is -2.18. The zero-order chi connectivity index (χ0) is 11.1. The Morgan fingerprint density at radius 1 is 1.19 bits per heavy atom. The van der Waals surface area contributed by atoms with Crippen molar-refractivity contribution >= 4 is 5.91 Å². The van der Waals surface area contributed by atoms with Crippen molar-refractivity contribution < 1.29 is 4.79 Å². The summed E-state index contributed by atoms with van der Waals surface area (Å²) in [6.07, 6.45) is 5.34. The van der Waals surface area contributed by atoms with Gasteiger partial charge in [-0.2, -0.15) is 0 Å². The lowest BCUT2D eigenvalue weighted by Gasteiger charge is -2.23. The van der Waals surface area contributed by atoms with Gasteiger partial charge in [-0.1, -0.05) is 24.6 Å². The molecule has 0 aromatic heterocycles. The summed E-state index contributed by atoms with van der Waals surface area (Å²) in [5, 5.41) is 0. The fourth-order valence-electron chi connectivity index (χ4n) is 3.67. The lowest BCUT2D eigenvalue weighted by molar-refractivity contribution is 0.0998. The van der Waals surface area contributed by atoms with E-state index >= 15 is 0 Å². The Balaban J connectivity index is 1.97. The molecule has 16 heavy (non-hydrogen) atoms. The highest BCUT2D eigenvalue weighted by Gasteiger charge is 2.40. The first-order valence-electron chi connectivity index (χ1n) is 6.14. The van der Waals surface area contributed by atoms with E-state index in [9.17, 15) is 4.79 Å². The molecule has 1 aromatic rings. The summed E-state index contributed by atoms with van der Waals surface area (Å²) in [5.74, 6) is 2.00. The summed E-state index contributed by atoms with van der Waals surface area (Å²) in [5.41, 5.74) is 7.37. The van der Waals surface area contributed by atoms with Crippen LogP contribution in [0.5, 0.6) is 0 Å². The minimum absolute atomic E-state index is 0.279. The van der Waals surface area contributed by atoms with Crippen LogP contribution in [0.4, 0.5) is 0 Å². The molecule has 0 heterocycles. The van der Waals surface area contributed by atoms with E-state index in [4.69, 9.17) is 5.73 Å². The van der Waals surface area contributed by atoms with E-state index in [2.05, 4.69) is 6.07 Å². The fraction of sp³-hybridized carbons (Fsp3) is 0.500. The van der Waals surface area contributed by atoms with Gasteiger partial charge in [-0.3, -0.25) is 4.79 Å². The first-order chi connectivity index (χ1) is 7.75. The van der Waals surface area contributed by atoms with Crippen molar-refractivity contribution in [2.24, 2.45) is 17.6 Å². The molecule has 2 N–H and O–H groups in total. The standard InChI is InChI=1S/C14H17NO/c15-14(16)12-4-2-1-3-11(12)13-8-9-5-6-10(13)7-9/h1-4,9-10,13H,5-8H2,(H2,15,16)/t9-,10+,13+/m0/s1. The molecule has 2 saturated carbocycles. The minimum atomic E-state index is -0.279. The van der Waals surface area contributed by atoms with E-state index in [1.807, 2.05) is 18.2 Å². The summed E-state index contributed by atoms with van der Waals surface area (Å²) in [4.78, 5) is 11.4. The van der Waals surface area contributed by atoms with Gasteiger partial charge in [0.1, 0.15) is 0 Å². The maximum absolute atomic E-state index is 11.4. The Kier molecular flexibility index (Phi) is 2.23. The highest BCUT2D eigenvalue weighted by atomic mass is 16.1. The fourth-order valence-corrected chi connectivity index (χ4v) is 3.67. The van der Waals surface area contributed by atoms with Crippen molar-refractivity contribution in [1.82, 2.24) is 0 Å². The summed E-state index contributed by atoms with van der Waals surface area (Å²) in [6.45, 7) is 0. The van der Waals surface area contributed by atoms with Crippen molar-refractivity contribution in [1.29, 1.82) is 0 Å². The molecule has 2 nitrogen and oxygen atoms in total. The van der Waals surface area contributed by atoms with Crippen molar-refractivity contribution in [2.45, 2.75) is 31.6 Å². The first kappa shape index (κ1) is 9.88. The molecule has 2 heteroatoms. The van der Waals surface area contributed by atoms with Crippen LogP contribution in [0, 0.1) is 11.8 Å². The third kappa shape index (κ3) is 1.44. The lowest BCUT2D eigenvalue weighted by atomic mass is 9.81. The molecule has 84 valence electrons. The molecule has 2 aliphatic carbocycles. The molecular formula is C14H17NO. The second-order valence-corrected chi connectivity index (χ2v) is 5.23. The molecule has 1 aromatic carbocycles. The summed E-state index contributed by atoms with van der Waals surface area (Å²) in [7, 11) is 0. The minimum Gasteiger partial charge on any atom is -0.366 e. The number of carbonyl (C=O) groups is 1. The Morgan fingerprint density at radius 3 is 2.62 bits per heavy atom. The van der Waals surface area contributed by atoms with Crippen LogP contribution in [0.2, 0.25) is 0 Å². The van der Waals surface area contributed by atoms with E-state index in [-0.39, 0.29) is 5.91 Å². The van der Waals surface area contributed by atoms with Gasteiger partial charge in [0, 0.05) is 5.56 Å². The Morgan fingerprint density at radius 2 is 2.00 bits per heavy atom. The zero-order valence-electron chi connectivity index (χ0n) is 9.36. The Bertz CT molecular complexity index is 426. The van der Waals surface area contributed by atoms with Crippen molar-refractivity contribution in [2.75, 3.05) is 0 Å². The van der Waals surface area contributed by atoms with Gasteiger partial charge in [0.15, 0.2) is 0 Å². The number of nitrogens with two attached hydrogens (primary N) is 1. The van der Waals surface area contributed by atoms with Crippen LogP contribution in [-0.4, -0.2) is 5.91 Å². The van der Waals surface area contributed by atoms with Gasteiger partial charge in [0.2, 0.25) is 5.91 Å². The van der Waals surface area contributed by atoms with Crippen LogP contribution in [-0.2, 0) is 0 Å². The topological polar surface area (TPSA) is 43.1 Å². The maximum atomic E-state index is 11.4. The zero-order valence-corrected chi connectivity index (χ0v) is 9.36. The SMILES string of the molecule is NC(=O)c1ccccc1[C@@H]1C[C@H]2CC[C@@H]1C2. The second-order valence-electron chi connectivity index (χ2n) is 5.23. The molecule has 0 spiro atoms. The third-order valence-corrected chi connectivity index (χ3v) is 4.36. The number of amides is 1. The van der Waals surface area contributed by atoms with Crippen molar-refractivity contribution in [3.05, 3.63) is 35.4 Å². The second kappa shape index (κ2) is 3.62. The van der Waals surface area contributed by atoms with Crippen molar-refractivity contribution in [3.63, 3.8) is 0 Å². The number of benzene rings is 1. The molecular weight excluding hydrogens is 198 g/mol. The van der Waals surface area contributed by atoms with E-state index in [1.54, 1.807) is 0 Å². The van der Waals surface area contributed by atoms with E-state index in [0.29, 0.717) is 5.92 Å². The number of hydrogen-bond acceptors (Lipinski definition) is 1. The van der Waals surface area contributed by atoms with Crippen LogP contribution < -0.4 is 5.73 Å². The van der Waals surface area contributed by atoms with Gasteiger partial charge >= 0.3 is 0 Å². The average molecular weight is 215 g/mol. The molecule has 0 aliphatic heterocycles. The Labute approximate surface area is 95.8 Å². The summed E-state index contributed by atoms with van der Waals surface area (Å²) >= 11 is 0. The van der Waals surface area contributed by atoms with Crippen LogP contribution in [0.1, 0.15) is 47.5 Å². The molecule has 2 bridgehead atoms. The molecule has 2 fully saturated rings. The molecule has 0 saturated heterocycles. The number of primary amides is 1. The number of hydrogen-bond donors (Lipinski definition) is 1. The molecule has 2 aliphatic rings. The van der Waals surface area contributed by atoms with Crippen molar-refractivity contribution in [3.8, 4) is 0 Å². The summed E-state index contributed by atoms with van der Waals surface area (Å²) in [6, 6.07) is 7.87. The Hall–Kier alpha value is -1.31. The van der Waals surface area contributed by atoms with Crippen LogP contribution in [0.3, 0.4) is 0 Å². The predicted octanol–water partition coefficient (Wildman–Crippen LogP) is 2.69. The smallest absolute Gasteiger partial charge is 0.248 e. The predicted molar refractivity (Wildman–Crippen MR) is 63.1 cm³/mol. The highest BCUT2D eigenvalue weighted by molar-refractivity contribution is 5.94. The molecule has 0 unspecified atom stereocenters. The largest absolute Gasteiger partial charge is 0.366 e.